The van der Waals surface area contributed by atoms with Crippen molar-refractivity contribution in [1.82, 2.24) is 15.1 Å². The molecule has 21 heavy (non-hydrogen) atoms. The van der Waals surface area contributed by atoms with Crippen molar-refractivity contribution in [2.24, 2.45) is 0 Å². The Hall–Kier alpha value is -1.65. The summed E-state index contributed by atoms with van der Waals surface area (Å²) in [5, 5.41) is 11.7. The van der Waals surface area contributed by atoms with E-state index in [1.54, 1.807) is 0 Å². The van der Waals surface area contributed by atoms with Crippen LogP contribution < -0.4 is 5.32 Å². The summed E-state index contributed by atoms with van der Waals surface area (Å²) in [5.74, 6) is 0. The Balaban J connectivity index is 1.91. The van der Waals surface area contributed by atoms with E-state index in [2.05, 4.69) is 60.4 Å². The Morgan fingerprint density at radius 3 is 2.86 bits per heavy atom. The maximum Gasteiger partial charge on any atom is 0.0676 e. The molecule has 0 aliphatic rings. The Morgan fingerprint density at radius 1 is 1.24 bits per heavy atom. The third-order valence-electron chi connectivity index (χ3n) is 3.96. The summed E-state index contributed by atoms with van der Waals surface area (Å²) in [6, 6.07) is 8.59. The standard InChI is InChI=1S/C17H21N3S/c1-4-18-9-16-12(2)19-20(13(16)3)10-14-11-21-17-8-6-5-7-15(14)17/h5-8,11,18H,4,9-10H2,1-3H3. The molecule has 2 heterocycles. The van der Waals surface area contributed by atoms with Crippen LogP contribution in [-0.2, 0) is 13.1 Å². The highest BCUT2D eigenvalue weighted by molar-refractivity contribution is 7.17. The van der Waals surface area contributed by atoms with Gasteiger partial charge in [-0.25, -0.2) is 0 Å². The summed E-state index contributed by atoms with van der Waals surface area (Å²) < 4.78 is 3.48. The molecule has 0 amide bonds. The van der Waals surface area contributed by atoms with Gasteiger partial charge >= 0.3 is 0 Å². The van der Waals surface area contributed by atoms with Gasteiger partial charge < -0.3 is 5.32 Å². The third-order valence-corrected chi connectivity index (χ3v) is 4.98. The molecule has 0 saturated carbocycles. The quantitative estimate of drug-likeness (QED) is 0.775. The van der Waals surface area contributed by atoms with Gasteiger partial charge in [0.1, 0.15) is 0 Å². The van der Waals surface area contributed by atoms with Crippen LogP contribution in [0.4, 0.5) is 0 Å². The van der Waals surface area contributed by atoms with Gasteiger partial charge in [0.05, 0.1) is 12.2 Å². The first-order valence-electron chi connectivity index (χ1n) is 7.39. The molecule has 110 valence electrons. The number of rotatable bonds is 5. The number of benzene rings is 1. The SMILES string of the molecule is CCNCc1c(C)nn(Cc2csc3ccccc23)c1C. The Kier molecular flexibility index (Phi) is 4.08. The summed E-state index contributed by atoms with van der Waals surface area (Å²) in [5.41, 5.74) is 5.09. The lowest BCUT2D eigenvalue weighted by Crippen LogP contribution is -2.13. The number of hydrogen-bond acceptors (Lipinski definition) is 3. The molecular weight excluding hydrogens is 278 g/mol. The van der Waals surface area contributed by atoms with E-state index in [0.717, 1.165) is 25.3 Å². The molecule has 0 aliphatic carbocycles. The minimum absolute atomic E-state index is 0.850. The molecule has 4 heteroatoms. The van der Waals surface area contributed by atoms with Crippen LogP contribution >= 0.6 is 11.3 Å². The van der Waals surface area contributed by atoms with Crippen molar-refractivity contribution in [3.8, 4) is 0 Å². The topological polar surface area (TPSA) is 29.9 Å². The normalized spacial score (nSPS) is 11.4. The van der Waals surface area contributed by atoms with Crippen molar-refractivity contribution in [2.75, 3.05) is 6.54 Å². The molecule has 0 saturated heterocycles. The van der Waals surface area contributed by atoms with Gasteiger partial charge in [-0.2, -0.15) is 5.10 Å². The van der Waals surface area contributed by atoms with Crippen molar-refractivity contribution in [3.05, 3.63) is 52.2 Å². The van der Waals surface area contributed by atoms with Crippen molar-refractivity contribution < 1.29 is 0 Å². The van der Waals surface area contributed by atoms with Crippen molar-refractivity contribution in [2.45, 2.75) is 33.9 Å². The molecule has 3 aromatic rings. The number of hydrogen-bond donors (Lipinski definition) is 1. The molecule has 0 aliphatic heterocycles. The first kappa shape index (κ1) is 14.3. The maximum atomic E-state index is 4.73. The molecule has 0 fully saturated rings. The van der Waals surface area contributed by atoms with Gasteiger partial charge in [0.2, 0.25) is 0 Å². The maximum absolute atomic E-state index is 4.73. The zero-order valence-electron chi connectivity index (χ0n) is 12.8. The summed E-state index contributed by atoms with van der Waals surface area (Å²) in [6.45, 7) is 9.14. The average Bonchev–Trinajstić information content (AvgIpc) is 3.01. The average molecular weight is 299 g/mol. The van der Waals surface area contributed by atoms with Crippen LogP contribution in [-0.4, -0.2) is 16.3 Å². The number of fused-ring (bicyclic) bond motifs is 1. The molecule has 0 spiro atoms. The molecule has 0 radical (unpaired) electrons. The molecule has 2 aromatic heterocycles. The van der Waals surface area contributed by atoms with Crippen LogP contribution in [0.15, 0.2) is 29.6 Å². The Morgan fingerprint density at radius 2 is 2.05 bits per heavy atom. The molecule has 1 aromatic carbocycles. The molecular formula is C17H21N3S. The van der Waals surface area contributed by atoms with Crippen molar-refractivity contribution in [3.63, 3.8) is 0 Å². The van der Waals surface area contributed by atoms with Crippen LogP contribution in [0.3, 0.4) is 0 Å². The van der Waals surface area contributed by atoms with E-state index < -0.39 is 0 Å². The Labute approximate surface area is 129 Å². The van der Waals surface area contributed by atoms with E-state index >= 15 is 0 Å². The van der Waals surface area contributed by atoms with Crippen molar-refractivity contribution >= 4 is 21.4 Å². The van der Waals surface area contributed by atoms with E-state index in [1.165, 1.54) is 26.9 Å². The van der Waals surface area contributed by atoms with Gasteiger partial charge in [0, 0.05) is 22.5 Å². The zero-order chi connectivity index (χ0) is 14.8. The van der Waals surface area contributed by atoms with Crippen molar-refractivity contribution in [1.29, 1.82) is 0 Å². The fraction of sp³-hybridized carbons (Fsp3) is 0.353. The molecule has 0 unspecified atom stereocenters. The fourth-order valence-corrected chi connectivity index (χ4v) is 3.66. The van der Waals surface area contributed by atoms with Gasteiger partial charge in [0.15, 0.2) is 0 Å². The molecule has 3 rings (SSSR count). The second-order valence-corrected chi connectivity index (χ2v) is 6.26. The van der Waals surface area contributed by atoms with E-state index in [-0.39, 0.29) is 0 Å². The van der Waals surface area contributed by atoms with Crippen LogP contribution in [0.5, 0.6) is 0 Å². The van der Waals surface area contributed by atoms with Crippen LogP contribution in [0, 0.1) is 13.8 Å². The Bertz CT molecular complexity index is 755. The number of aryl methyl sites for hydroxylation is 1. The first-order chi connectivity index (χ1) is 10.2. The summed E-state index contributed by atoms with van der Waals surface area (Å²) in [7, 11) is 0. The second kappa shape index (κ2) is 6.00. The number of nitrogens with zero attached hydrogens (tertiary/aromatic N) is 2. The summed E-state index contributed by atoms with van der Waals surface area (Å²) in [4.78, 5) is 0. The zero-order valence-corrected chi connectivity index (χ0v) is 13.6. The summed E-state index contributed by atoms with van der Waals surface area (Å²) >= 11 is 1.81. The predicted octanol–water partition coefficient (Wildman–Crippen LogP) is 3.87. The molecule has 1 N–H and O–H groups in total. The largest absolute Gasteiger partial charge is 0.313 e. The summed E-state index contributed by atoms with van der Waals surface area (Å²) in [6.07, 6.45) is 0. The lowest BCUT2D eigenvalue weighted by Gasteiger charge is -2.05. The van der Waals surface area contributed by atoms with Crippen LogP contribution in [0.25, 0.3) is 10.1 Å². The van der Waals surface area contributed by atoms with E-state index in [0.29, 0.717) is 0 Å². The minimum atomic E-state index is 0.850. The van der Waals surface area contributed by atoms with E-state index in [9.17, 15) is 0 Å². The highest BCUT2D eigenvalue weighted by Gasteiger charge is 2.12. The molecule has 3 nitrogen and oxygen atoms in total. The van der Waals surface area contributed by atoms with Gasteiger partial charge in [-0.05, 0) is 42.8 Å². The van der Waals surface area contributed by atoms with Gasteiger partial charge in [-0.15, -0.1) is 11.3 Å². The number of nitrogens with one attached hydrogen (secondary N) is 1. The lowest BCUT2D eigenvalue weighted by atomic mass is 10.1. The lowest BCUT2D eigenvalue weighted by molar-refractivity contribution is 0.659. The third kappa shape index (κ3) is 2.74. The highest BCUT2D eigenvalue weighted by atomic mass is 32.1. The van der Waals surface area contributed by atoms with Gasteiger partial charge in [0.25, 0.3) is 0 Å². The van der Waals surface area contributed by atoms with Gasteiger partial charge in [-0.1, -0.05) is 25.1 Å². The van der Waals surface area contributed by atoms with E-state index in [4.69, 9.17) is 5.10 Å². The number of aromatic nitrogens is 2. The number of thiophene rings is 1. The first-order valence-corrected chi connectivity index (χ1v) is 8.27. The molecule has 0 bridgehead atoms. The van der Waals surface area contributed by atoms with Gasteiger partial charge in [-0.3, -0.25) is 4.68 Å². The second-order valence-electron chi connectivity index (χ2n) is 5.34. The monoisotopic (exact) mass is 299 g/mol. The molecule has 0 atom stereocenters. The highest BCUT2D eigenvalue weighted by Crippen LogP contribution is 2.27. The van der Waals surface area contributed by atoms with Crippen LogP contribution in [0.1, 0.15) is 29.4 Å². The van der Waals surface area contributed by atoms with Crippen LogP contribution in [0.2, 0.25) is 0 Å². The predicted molar refractivity (Wildman–Crippen MR) is 90.0 cm³/mol. The van der Waals surface area contributed by atoms with E-state index in [1.807, 2.05) is 11.3 Å². The minimum Gasteiger partial charge on any atom is -0.313 e. The fourth-order valence-electron chi connectivity index (χ4n) is 2.71. The smallest absolute Gasteiger partial charge is 0.0676 e.